The molecule has 0 bridgehead atoms. The lowest BCUT2D eigenvalue weighted by Crippen LogP contribution is -2.33. The molecule has 2 aliphatic rings. The van der Waals surface area contributed by atoms with Crippen LogP contribution in [0.3, 0.4) is 0 Å². The van der Waals surface area contributed by atoms with Crippen molar-refractivity contribution in [1.82, 2.24) is 20.1 Å². The van der Waals surface area contributed by atoms with E-state index in [0.717, 1.165) is 60.5 Å². The fourth-order valence-corrected chi connectivity index (χ4v) is 4.84. The topological polar surface area (TPSA) is 85.4 Å². The minimum Gasteiger partial charge on any atom is -0.493 e. The molecule has 1 amide bonds. The summed E-state index contributed by atoms with van der Waals surface area (Å²) >= 11 is 1.40. The van der Waals surface area contributed by atoms with E-state index in [1.54, 1.807) is 6.26 Å². The quantitative estimate of drug-likeness (QED) is 0.566. The van der Waals surface area contributed by atoms with Crippen molar-refractivity contribution < 1.29 is 13.9 Å². The molecular formula is C22H25N5O3S. The highest BCUT2D eigenvalue weighted by Gasteiger charge is 2.25. The first-order valence-electron chi connectivity index (χ1n) is 10.6. The molecule has 1 saturated heterocycles. The average Bonchev–Trinajstić information content (AvgIpc) is 3.56. The van der Waals surface area contributed by atoms with Crippen molar-refractivity contribution in [2.45, 2.75) is 37.0 Å². The summed E-state index contributed by atoms with van der Waals surface area (Å²) in [6.07, 6.45) is 4.75. The molecule has 31 heavy (non-hydrogen) atoms. The zero-order valence-corrected chi connectivity index (χ0v) is 18.0. The molecule has 1 aromatic carbocycles. The maximum Gasteiger partial charge on any atom is 0.230 e. The summed E-state index contributed by atoms with van der Waals surface area (Å²) in [6.45, 7) is 3.10. The fourth-order valence-electron chi connectivity index (χ4n) is 4.09. The number of anilines is 1. The van der Waals surface area contributed by atoms with Crippen LogP contribution in [0.4, 0.5) is 5.95 Å². The summed E-state index contributed by atoms with van der Waals surface area (Å²) in [7, 11) is 0. The van der Waals surface area contributed by atoms with Crippen LogP contribution in [0, 0.1) is 0 Å². The van der Waals surface area contributed by atoms with Gasteiger partial charge in [-0.05, 0) is 31.0 Å². The van der Waals surface area contributed by atoms with Crippen molar-refractivity contribution in [2.24, 2.45) is 0 Å². The van der Waals surface area contributed by atoms with Crippen LogP contribution in [0.15, 0.2) is 52.2 Å². The molecule has 4 heterocycles. The zero-order valence-electron chi connectivity index (χ0n) is 17.2. The second kappa shape index (κ2) is 9.05. The molecule has 1 unspecified atom stereocenters. The number of aromatic nitrogens is 3. The predicted molar refractivity (Wildman–Crippen MR) is 117 cm³/mol. The molecule has 0 radical (unpaired) electrons. The summed E-state index contributed by atoms with van der Waals surface area (Å²) in [5, 5.41) is 12.7. The van der Waals surface area contributed by atoms with Gasteiger partial charge in [-0.15, -0.1) is 10.2 Å². The molecule has 9 heteroatoms. The summed E-state index contributed by atoms with van der Waals surface area (Å²) in [6, 6.07) is 11.7. The normalized spacial score (nSPS) is 17.9. The Labute approximate surface area is 185 Å². The molecule has 8 nitrogen and oxygen atoms in total. The lowest BCUT2D eigenvalue weighted by atomic mass is 10.0. The van der Waals surface area contributed by atoms with Crippen LogP contribution in [-0.2, 0) is 11.3 Å². The molecule has 0 saturated carbocycles. The van der Waals surface area contributed by atoms with Crippen LogP contribution >= 0.6 is 11.8 Å². The number of carbonyl (C=O) groups is 1. The molecule has 0 spiro atoms. The van der Waals surface area contributed by atoms with Crippen molar-refractivity contribution >= 4 is 23.6 Å². The maximum atomic E-state index is 12.7. The lowest BCUT2D eigenvalue weighted by Gasteiger charge is -2.26. The summed E-state index contributed by atoms with van der Waals surface area (Å²) in [4.78, 5) is 15.0. The van der Waals surface area contributed by atoms with E-state index in [4.69, 9.17) is 9.15 Å². The Bertz CT molecular complexity index is 1030. The second-order valence-corrected chi connectivity index (χ2v) is 8.67. The van der Waals surface area contributed by atoms with Crippen molar-refractivity contribution in [3.63, 3.8) is 0 Å². The van der Waals surface area contributed by atoms with E-state index in [-0.39, 0.29) is 17.7 Å². The molecular weight excluding hydrogens is 414 g/mol. The first-order chi connectivity index (χ1) is 15.3. The number of para-hydroxylation sites is 1. The Morgan fingerprint density at radius 1 is 1.16 bits per heavy atom. The van der Waals surface area contributed by atoms with Crippen LogP contribution in [0.25, 0.3) is 0 Å². The minimum absolute atomic E-state index is 0.0259. The van der Waals surface area contributed by atoms with Gasteiger partial charge in [-0.2, -0.15) is 0 Å². The van der Waals surface area contributed by atoms with Gasteiger partial charge < -0.3 is 19.4 Å². The van der Waals surface area contributed by atoms with Gasteiger partial charge in [-0.25, -0.2) is 0 Å². The van der Waals surface area contributed by atoms with Gasteiger partial charge in [0.1, 0.15) is 11.5 Å². The van der Waals surface area contributed by atoms with Crippen molar-refractivity contribution in [2.75, 3.05) is 30.3 Å². The number of nitrogens with zero attached hydrogens (tertiary/aromatic N) is 4. The van der Waals surface area contributed by atoms with Crippen molar-refractivity contribution in [3.8, 4) is 5.75 Å². The van der Waals surface area contributed by atoms with Gasteiger partial charge >= 0.3 is 0 Å². The molecule has 1 N–H and O–H groups in total. The summed E-state index contributed by atoms with van der Waals surface area (Å²) in [5.41, 5.74) is 1.03. The Kier molecular flexibility index (Phi) is 5.84. The van der Waals surface area contributed by atoms with Crippen LogP contribution in [0.5, 0.6) is 5.75 Å². The monoisotopic (exact) mass is 439 g/mol. The number of fused-ring (bicyclic) bond motifs is 1. The van der Waals surface area contributed by atoms with E-state index in [9.17, 15) is 4.79 Å². The fraction of sp³-hybridized carbons (Fsp3) is 0.409. The zero-order chi connectivity index (χ0) is 21.0. The average molecular weight is 440 g/mol. The third-order valence-electron chi connectivity index (χ3n) is 5.61. The number of ether oxygens (including phenoxy) is 1. The maximum absolute atomic E-state index is 12.7. The Balaban J connectivity index is 1.27. The number of benzene rings is 1. The molecule has 162 valence electrons. The highest BCUT2D eigenvalue weighted by Crippen LogP contribution is 2.32. The van der Waals surface area contributed by atoms with Crippen molar-refractivity contribution in [1.29, 1.82) is 0 Å². The number of carbonyl (C=O) groups excluding carboxylic acids is 1. The Morgan fingerprint density at radius 3 is 2.87 bits per heavy atom. The van der Waals surface area contributed by atoms with Gasteiger partial charge in [0.2, 0.25) is 11.9 Å². The van der Waals surface area contributed by atoms with Gasteiger partial charge in [0.15, 0.2) is 5.16 Å². The van der Waals surface area contributed by atoms with Gasteiger partial charge in [0, 0.05) is 25.1 Å². The summed E-state index contributed by atoms with van der Waals surface area (Å²) < 4.78 is 13.3. The van der Waals surface area contributed by atoms with E-state index in [1.165, 1.54) is 11.8 Å². The number of thioether (sulfide) groups is 1. The van der Waals surface area contributed by atoms with Crippen LogP contribution in [-0.4, -0.2) is 46.1 Å². The lowest BCUT2D eigenvalue weighted by molar-refractivity contribution is -0.119. The van der Waals surface area contributed by atoms with Crippen LogP contribution in [0.2, 0.25) is 0 Å². The highest BCUT2D eigenvalue weighted by atomic mass is 32.2. The van der Waals surface area contributed by atoms with E-state index < -0.39 is 0 Å². The largest absolute Gasteiger partial charge is 0.493 e. The Morgan fingerprint density at radius 2 is 2.03 bits per heavy atom. The molecule has 5 rings (SSSR count). The highest BCUT2D eigenvalue weighted by molar-refractivity contribution is 7.99. The number of amides is 1. The van der Waals surface area contributed by atoms with E-state index >= 15 is 0 Å². The second-order valence-electron chi connectivity index (χ2n) is 7.73. The molecule has 3 aromatic rings. The van der Waals surface area contributed by atoms with Gasteiger partial charge in [0.25, 0.3) is 0 Å². The van der Waals surface area contributed by atoms with Crippen LogP contribution in [0.1, 0.15) is 36.6 Å². The Hall–Kier alpha value is -2.94. The number of hydrogen-bond acceptors (Lipinski definition) is 7. The third kappa shape index (κ3) is 4.41. The van der Waals surface area contributed by atoms with Gasteiger partial charge in [-0.3, -0.25) is 9.36 Å². The van der Waals surface area contributed by atoms with E-state index in [2.05, 4.69) is 20.4 Å². The molecule has 2 aliphatic heterocycles. The predicted octanol–water partition coefficient (Wildman–Crippen LogP) is 3.25. The number of rotatable bonds is 7. The molecule has 2 aromatic heterocycles. The number of furan rings is 1. The minimum atomic E-state index is -0.0285. The number of nitrogens with one attached hydrogen (secondary N) is 1. The van der Waals surface area contributed by atoms with E-state index in [0.29, 0.717) is 13.2 Å². The summed E-state index contributed by atoms with van der Waals surface area (Å²) in [5.74, 6) is 2.78. The first-order valence-corrected chi connectivity index (χ1v) is 11.6. The standard InChI is InChI=1S/C22H25N5O3S/c28-20(23-18-9-13-30-19-8-2-1-7-17(18)19)15-31-22-25-24-21(26-10-3-4-11-26)27(22)14-16-6-5-12-29-16/h1-2,5-8,12,18H,3-4,9-11,13-15H2,(H,23,28). The van der Waals surface area contributed by atoms with Crippen molar-refractivity contribution in [3.05, 3.63) is 54.0 Å². The number of hydrogen-bond donors (Lipinski definition) is 1. The first kappa shape index (κ1) is 20.0. The smallest absolute Gasteiger partial charge is 0.230 e. The SMILES string of the molecule is O=C(CSc1nnc(N2CCCC2)n1Cc1ccco1)NC1CCOc2ccccc21. The van der Waals surface area contributed by atoms with Gasteiger partial charge in [-0.1, -0.05) is 30.0 Å². The third-order valence-corrected chi connectivity index (χ3v) is 6.57. The molecule has 1 atom stereocenters. The molecule has 0 aliphatic carbocycles. The molecule has 1 fully saturated rings. The van der Waals surface area contributed by atoms with Gasteiger partial charge in [0.05, 0.1) is 31.2 Å². The van der Waals surface area contributed by atoms with Crippen LogP contribution < -0.4 is 15.0 Å². The van der Waals surface area contributed by atoms with E-state index in [1.807, 2.05) is 41.0 Å².